The molecular formula is C10H18N2O3. The molecule has 5 heteroatoms. The van der Waals surface area contributed by atoms with E-state index >= 15 is 0 Å². The quantitative estimate of drug-likeness (QED) is 0.687. The van der Waals surface area contributed by atoms with E-state index in [0.29, 0.717) is 19.1 Å². The van der Waals surface area contributed by atoms with Crippen molar-refractivity contribution in [3.63, 3.8) is 0 Å². The maximum Gasteiger partial charge on any atom is 0.317 e. The molecule has 0 spiro atoms. The van der Waals surface area contributed by atoms with Crippen LogP contribution in [0.5, 0.6) is 0 Å². The van der Waals surface area contributed by atoms with Gasteiger partial charge >= 0.3 is 12.0 Å². The highest BCUT2D eigenvalue weighted by Crippen LogP contribution is 2.18. The van der Waals surface area contributed by atoms with Crippen molar-refractivity contribution < 1.29 is 14.3 Å². The number of carbonyl (C=O) groups is 2. The summed E-state index contributed by atoms with van der Waals surface area (Å²) < 4.78 is 4.52. The van der Waals surface area contributed by atoms with Crippen LogP contribution in [0.3, 0.4) is 0 Å². The highest BCUT2D eigenvalue weighted by Gasteiger charge is 2.25. The zero-order valence-corrected chi connectivity index (χ0v) is 9.28. The van der Waals surface area contributed by atoms with Gasteiger partial charge in [-0.3, -0.25) is 4.79 Å². The van der Waals surface area contributed by atoms with E-state index < -0.39 is 0 Å². The molecule has 0 heterocycles. The van der Waals surface area contributed by atoms with E-state index in [4.69, 9.17) is 0 Å². The molecule has 0 atom stereocenters. The number of hydrogen-bond donors (Lipinski definition) is 1. The summed E-state index contributed by atoms with van der Waals surface area (Å²) in [6.07, 6.45) is 2.39. The van der Waals surface area contributed by atoms with Crippen molar-refractivity contribution in [3.8, 4) is 0 Å². The molecule has 15 heavy (non-hydrogen) atoms. The second-order valence-electron chi connectivity index (χ2n) is 3.63. The van der Waals surface area contributed by atoms with Crippen LogP contribution < -0.4 is 5.32 Å². The standard InChI is InChI=1S/C10H18N2O3/c1-3-12(7-6-9(13)15-2)10(14)11-8-4-5-8/h8H,3-7H2,1-2H3,(H,11,14). The van der Waals surface area contributed by atoms with Gasteiger partial charge in [-0.2, -0.15) is 0 Å². The second kappa shape index (κ2) is 5.58. The van der Waals surface area contributed by atoms with Crippen LogP contribution in [-0.2, 0) is 9.53 Å². The number of ether oxygens (including phenoxy) is 1. The van der Waals surface area contributed by atoms with Gasteiger partial charge < -0.3 is 15.0 Å². The van der Waals surface area contributed by atoms with Crippen molar-refractivity contribution in [2.45, 2.75) is 32.2 Å². The second-order valence-corrected chi connectivity index (χ2v) is 3.63. The Hall–Kier alpha value is -1.26. The molecule has 1 rings (SSSR count). The van der Waals surface area contributed by atoms with Crippen LogP contribution in [-0.4, -0.2) is 43.1 Å². The molecule has 0 aromatic carbocycles. The zero-order valence-electron chi connectivity index (χ0n) is 9.28. The Morgan fingerprint density at radius 2 is 2.13 bits per heavy atom. The van der Waals surface area contributed by atoms with Crippen LogP contribution in [0.15, 0.2) is 0 Å². The molecule has 1 fully saturated rings. The van der Waals surface area contributed by atoms with Gasteiger partial charge in [-0.15, -0.1) is 0 Å². The van der Waals surface area contributed by atoms with Gasteiger partial charge in [-0.25, -0.2) is 4.79 Å². The summed E-state index contributed by atoms with van der Waals surface area (Å²) in [5.74, 6) is -0.285. The topological polar surface area (TPSA) is 58.6 Å². The van der Waals surface area contributed by atoms with E-state index in [1.165, 1.54) is 7.11 Å². The van der Waals surface area contributed by atoms with Gasteiger partial charge in [0.05, 0.1) is 13.5 Å². The molecule has 0 aromatic rings. The number of nitrogens with zero attached hydrogens (tertiary/aromatic N) is 1. The van der Waals surface area contributed by atoms with Gasteiger partial charge in [0, 0.05) is 19.1 Å². The SMILES string of the molecule is CCN(CCC(=O)OC)C(=O)NC1CC1. The number of methoxy groups -OCH3 is 1. The Balaban J connectivity index is 2.26. The third kappa shape index (κ3) is 4.18. The predicted molar refractivity (Wildman–Crippen MR) is 55.4 cm³/mol. The van der Waals surface area contributed by atoms with E-state index in [0.717, 1.165) is 12.8 Å². The number of urea groups is 1. The van der Waals surface area contributed by atoms with Gasteiger partial charge in [0.2, 0.25) is 0 Å². The zero-order chi connectivity index (χ0) is 11.3. The number of rotatable bonds is 5. The van der Waals surface area contributed by atoms with Crippen LogP contribution in [0.25, 0.3) is 0 Å². The van der Waals surface area contributed by atoms with Gasteiger partial charge in [-0.1, -0.05) is 0 Å². The average Bonchev–Trinajstić information content (AvgIpc) is 3.02. The van der Waals surface area contributed by atoms with Crippen LogP contribution >= 0.6 is 0 Å². The average molecular weight is 214 g/mol. The minimum absolute atomic E-state index is 0.0797. The maximum atomic E-state index is 11.6. The number of hydrogen-bond acceptors (Lipinski definition) is 3. The summed E-state index contributed by atoms with van der Waals surface area (Å²) in [6.45, 7) is 2.92. The summed E-state index contributed by atoms with van der Waals surface area (Å²) in [4.78, 5) is 24.1. The molecule has 1 saturated carbocycles. The normalized spacial score (nSPS) is 14.5. The third-order valence-electron chi connectivity index (χ3n) is 2.39. The number of nitrogens with one attached hydrogen (secondary N) is 1. The van der Waals surface area contributed by atoms with E-state index in [1.54, 1.807) is 4.90 Å². The lowest BCUT2D eigenvalue weighted by molar-refractivity contribution is -0.140. The molecule has 0 unspecified atom stereocenters. The first-order chi connectivity index (χ1) is 7.17. The van der Waals surface area contributed by atoms with Gasteiger partial charge in [0.15, 0.2) is 0 Å². The molecule has 5 nitrogen and oxygen atoms in total. The third-order valence-corrected chi connectivity index (χ3v) is 2.39. The fourth-order valence-corrected chi connectivity index (χ4v) is 1.23. The molecule has 0 saturated heterocycles. The van der Waals surface area contributed by atoms with Crippen LogP contribution in [0.1, 0.15) is 26.2 Å². The Bertz CT molecular complexity index is 239. The van der Waals surface area contributed by atoms with Crippen LogP contribution in [0.4, 0.5) is 4.79 Å². The highest BCUT2D eigenvalue weighted by molar-refractivity contribution is 5.76. The van der Waals surface area contributed by atoms with Gasteiger partial charge in [0.1, 0.15) is 0 Å². The van der Waals surface area contributed by atoms with Crippen LogP contribution in [0, 0.1) is 0 Å². The summed E-state index contributed by atoms with van der Waals surface area (Å²) in [6, 6.07) is 0.272. The van der Waals surface area contributed by atoms with Crippen molar-refractivity contribution in [1.82, 2.24) is 10.2 Å². The van der Waals surface area contributed by atoms with Crippen molar-refractivity contribution in [2.75, 3.05) is 20.2 Å². The fourth-order valence-electron chi connectivity index (χ4n) is 1.23. The fraction of sp³-hybridized carbons (Fsp3) is 0.800. The highest BCUT2D eigenvalue weighted by atomic mass is 16.5. The summed E-state index contributed by atoms with van der Waals surface area (Å²) in [5, 5.41) is 2.88. The van der Waals surface area contributed by atoms with Gasteiger partial charge in [-0.05, 0) is 19.8 Å². The first-order valence-electron chi connectivity index (χ1n) is 5.29. The van der Waals surface area contributed by atoms with Crippen LogP contribution in [0.2, 0.25) is 0 Å². The minimum Gasteiger partial charge on any atom is -0.469 e. The molecule has 86 valence electrons. The molecule has 1 N–H and O–H groups in total. The van der Waals surface area contributed by atoms with E-state index in [1.807, 2.05) is 6.92 Å². The Morgan fingerprint density at radius 1 is 1.47 bits per heavy atom. The molecule has 0 aromatic heterocycles. The van der Waals surface area contributed by atoms with Crippen molar-refractivity contribution in [1.29, 1.82) is 0 Å². The first-order valence-corrected chi connectivity index (χ1v) is 5.29. The van der Waals surface area contributed by atoms with Gasteiger partial charge in [0.25, 0.3) is 0 Å². The summed E-state index contributed by atoms with van der Waals surface area (Å²) in [7, 11) is 1.35. The molecule has 1 aliphatic rings. The Labute approximate surface area is 89.8 Å². The lowest BCUT2D eigenvalue weighted by Crippen LogP contribution is -2.41. The Kier molecular flexibility index (Phi) is 4.39. The maximum absolute atomic E-state index is 11.6. The lowest BCUT2D eigenvalue weighted by Gasteiger charge is -2.20. The molecular weight excluding hydrogens is 196 g/mol. The molecule has 0 radical (unpaired) electrons. The Morgan fingerprint density at radius 3 is 2.60 bits per heavy atom. The largest absolute Gasteiger partial charge is 0.469 e. The van der Waals surface area contributed by atoms with E-state index in [-0.39, 0.29) is 18.4 Å². The van der Waals surface area contributed by atoms with E-state index in [2.05, 4.69) is 10.1 Å². The number of esters is 1. The lowest BCUT2D eigenvalue weighted by atomic mass is 10.4. The first kappa shape index (κ1) is 11.8. The summed E-state index contributed by atoms with van der Waals surface area (Å²) >= 11 is 0. The van der Waals surface area contributed by atoms with Crippen molar-refractivity contribution >= 4 is 12.0 Å². The molecule has 0 aliphatic heterocycles. The number of carbonyl (C=O) groups excluding carboxylic acids is 2. The minimum atomic E-state index is -0.285. The molecule has 1 aliphatic carbocycles. The van der Waals surface area contributed by atoms with Crippen molar-refractivity contribution in [2.24, 2.45) is 0 Å². The number of amides is 2. The predicted octanol–water partition coefficient (Wildman–Crippen LogP) is 0.743. The van der Waals surface area contributed by atoms with E-state index in [9.17, 15) is 9.59 Å². The molecule has 0 bridgehead atoms. The summed E-state index contributed by atoms with van der Waals surface area (Å²) in [5.41, 5.74) is 0. The van der Waals surface area contributed by atoms with Crippen molar-refractivity contribution in [3.05, 3.63) is 0 Å². The monoisotopic (exact) mass is 214 g/mol. The smallest absolute Gasteiger partial charge is 0.317 e. The molecule has 2 amide bonds.